The van der Waals surface area contributed by atoms with E-state index < -0.39 is 24.4 Å². The van der Waals surface area contributed by atoms with Crippen LogP contribution < -0.4 is 5.32 Å². The fraction of sp³-hybridized carbons (Fsp3) is 0.167. The van der Waals surface area contributed by atoms with Crippen LogP contribution in [0.4, 0.5) is 14.7 Å². The van der Waals surface area contributed by atoms with Crippen LogP contribution in [-0.4, -0.2) is 27.6 Å². The maximum Gasteiger partial charge on any atom is 0.322 e. The van der Waals surface area contributed by atoms with E-state index in [0.717, 1.165) is 0 Å². The normalized spacial score (nSPS) is 9.69. The topological polar surface area (TPSA) is 75.1 Å². The Bertz CT molecular complexity index is 311. The molecule has 2 N–H and O–H groups in total. The minimum Gasteiger partial charge on any atom is -0.480 e. The second kappa shape index (κ2) is 3.74. The van der Waals surface area contributed by atoms with Gasteiger partial charge < -0.3 is 10.4 Å². The van der Waals surface area contributed by atoms with Crippen LogP contribution in [0, 0.1) is 11.9 Å². The van der Waals surface area contributed by atoms with Crippen molar-refractivity contribution in [3.63, 3.8) is 0 Å². The summed E-state index contributed by atoms with van der Waals surface area (Å²) < 4.78 is 24.7. The highest BCUT2D eigenvalue weighted by Gasteiger charge is 2.04. The molecule has 0 saturated carbocycles. The third-order valence-corrected chi connectivity index (χ3v) is 1.06. The maximum absolute atomic E-state index is 12.4. The molecule has 0 aliphatic heterocycles. The van der Waals surface area contributed by atoms with E-state index >= 15 is 0 Å². The van der Waals surface area contributed by atoms with Gasteiger partial charge in [0.15, 0.2) is 0 Å². The maximum atomic E-state index is 12.4. The quantitative estimate of drug-likeness (QED) is 0.666. The molecule has 1 aromatic rings. The number of aromatic nitrogens is 2. The van der Waals surface area contributed by atoms with Gasteiger partial charge in [0.2, 0.25) is 17.8 Å². The molecule has 0 radical (unpaired) electrons. The molecule has 0 bridgehead atoms. The van der Waals surface area contributed by atoms with Crippen LogP contribution in [-0.2, 0) is 4.79 Å². The zero-order valence-electron chi connectivity index (χ0n) is 6.29. The molecule has 0 fully saturated rings. The first-order valence-electron chi connectivity index (χ1n) is 3.23. The summed E-state index contributed by atoms with van der Waals surface area (Å²) in [6, 6.07) is 0.492. The molecule has 0 amide bonds. The van der Waals surface area contributed by atoms with E-state index in [9.17, 15) is 13.6 Å². The van der Waals surface area contributed by atoms with Gasteiger partial charge in [0.25, 0.3) is 0 Å². The van der Waals surface area contributed by atoms with Crippen molar-refractivity contribution in [3.05, 3.63) is 18.0 Å². The fourth-order valence-electron chi connectivity index (χ4n) is 0.624. The van der Waals surface area contributed by atoms with Gasteiger partial charge in [0.05, 0.1) is 0 Å². The van der Waals surface area contributed by atoms with Crippen molar-refractivity contribution in [2.75, 3.05) is 11.9 Å². The Morgan fingerprint density at radius 3 is 2.46 bits per heavy atom. The average molecular weight is 189 g/mol. The number of aliphatic carboxylic acids is 1. The van der Waals surface area contributed by atoms with Gasteiger partial charge >= 0.3 is 5.97 Å². The van der Waals surface area contributed by atoms with Crippen LogP contribution in [0.1, 0.15) is 0 Å². The Morgan fingerprint density at radius 1 is 1.46 bits per heavy atom. The van der Waals surface area contributed by atoms with Crippen molar-refractivity contribution in [2.45, 2.75) is 0 Å². The number of carboxylic acid groups (broad SMARTS) is 1. The Hall–Kier alpha value is -1.79. The molecule has 0 spiro atoms. The van der Waals surface area contributed by atoms with Gasteiger partial charge in [-0.1, -0.05) is 0 Å². The molecule has 70 valence electrons. The Morgan fingerprint density at radius 2 is 2.00 bits per heavy atom. The molecule has 0 unspecified atom stereocenters. The Labute approximate surface area is 71.4 Å². The highest BCUT2D eigenvalue weighted by atomic mass is 19.1. The summed E-state index contributed by atoms with van der Waals surface area (Å²) in [5.41, 5.74) is 0. The minimum atomic E-state index is -1.17. The van der Waals surface area contributed by atoms with E-state index in [1.54, 1.807) is 0 Å². The summed E-state index contributed by atoms with van der Waals surface area (Å²) in [6.07, 6.45) is 0. The molecule has 0 atom stereocenters. The molecule has 1 rings (SSSR count). The van der Waals surface area contributed by atoms with E-state index in [4.69, 9.17) is 5.11 Å². The first-order chi connectivity index (χ1) is 6.08. The number of nitrogens with one attached hydrogen (secondary N) is 1. The molecule has 0 saturated heterocycles. The van der Waals surface area contributed by atoms with E-state index in [1.165, 1.54) is 0 Å². The van der Waals surface area contributed by atoms with Crippen molar-refractivity contribution < 1.29 is 18.7 Å². The summed E-state index contributed by atoms with van der Waals surface area (Å²) in [6.45, 7) is -0.497. The molecule has 1 heterocycles. The zero-order chi connectivity index (χ0) is 9.84. The molecule has 5 nitrogen and oxygen atoms in total. The van der Waals surface area contributed by atoms with E-state index in [0.29, 0.717) is 6.07 Å². The van der Waals surface area contributed by atoms with Crippen molar-refractivity contribution >= 4 is 11.9 Å². The van der Waals surface area contributed by atoms with Crippen LogP contribution in [0.25, 0.3) is 0 Å². The van der Waals surface area contributed by atoms with Gasteiger partial charge in [-0.2, -0.15) is 18.7 Å². The van der Waals surface area contributed by atoms with Crippen LogP contribution in [0.15, 0.2) is 6.07 Å². The highest BCUT2D eigenvalue weighted by Crippen LogP contribution is 2.01. The van der Waals surface area contributed by atoms with Crippen molar-refractivity contribution in [1.82, 2.24) is 9.97 Å². The Balaban J connectivity index is 2.71. The number of carbonyl (C=O) groups is 1. The third-order valence-electron chi connectivity index (χ3n) is 1.06. The smallest absolute Gasteiger partial charge is 0.322 e. The van der Waals surface area contributed by atoms with Gasteiger partial charge in [0, 0.05) is 6.07 Å². The Kier molecular flexibility index (Phi) is 2.68. The lowest BCUT2D eigenvalue weighted by Gasteiger charge is -2.00. The molecule has 7 heteroatoms. The molecule has 13 heavy (non-hydrogen) atoms. The number of hydrogen-bond donors (Lipinski definition) is 2. The van der Waals surface area contributed by atoms with E-state index in [2.05, 4.69) is 15.3 Å². The van der Waals surface area contributed by atoms with Gasteiger partial charge in [-0.25, -0.2) is 0 Å². The number of carboxylic acids is 1. The summed E-state index contributed by atoms with van der Waals surface area (Å²) in [5.74, 6) is -3.67. The number of anilines is 1. The van der Waals surface area contributed by atoms with Gasteiger partial charge in [-0.05, 0) is 0 Å². The second-order valence-corrected chi connectivity index (χ2v) is 2.08. The molecule has 0 aliphatic carbocycles. The minimum absolute atomic E-state index is 0.389. The summed E-state index contributed by atoms with van der Waals surface area (Å²) >= 11 is 0. The molecule has 0 aliphatic rings. The van der Waals surface area contributed by atoms with Crippen LogP contribution in [0.3, 0.4) is 0 Å². The average Bonchev–Trinajstić information content (AvgIpc) is 1.99. The first kappa shape index (κ1) is 9.30. The van der Waals surface area contributed by atoms with E-state index in [1.807, 2.05) is 0 Å². The monoisotopic (exact) mass is 189 g/mol. The third kappa shape index (κ3) is 2.97. The lowest BCUT2D eigenvalue weighted by atomic mass is 10.6. The van der Waals surface area contributed by atoms with Crippen LogP contribution >= 0.6 is 0 Å². The van der Waals surface area contributed by atoms with Crippen molar-refractivity contribution in [1.29, 1.82) is 0 Å². The largest absolute Gasteiger partial charge is 0.480 e. The number of hydrogen-bond acceptors (Lipinski definition) is 4. The summed E-state index contributed by atoms with van der Waals surface area (Å²) in [4.78, 5) is 16.3. The van der Waals surface area contributed by atoms with E-state index in [-0.39, 0.29) is 5.95 Å². The second-order valence-electron chi connectivity index (χ2n) is 2.08. The lowest BCUT2D eigenvalue weighted by Crippen LogP contribution is -2.15. The van der Waals surface area contributed by atoms with Crippen LogP contribution in [0.5, 0.6) is 0 Å². The molecular weight excluding hydrogens is 184 g/mol. The lowest BCUT2D eigenvalue weighted by molar-refractivity contribution is -0.134. The zero-order valence-corrected chi connectivity index (χ0v) is 6.29. The summed E-state index contributed by atoms with van der Waals surface area (Å²) in [7, 11) is 0. The SMILES string of the molecule is O=C(O)CNc1nc(F)cc(F)n1. The fourth-order valence-corrected chi connectivity index (χ4v) is 0.624. The number of halogens is 2. The number of rotatable bonds is 3. The molecular formula is C6H5F2N3O2. The summed E-state index contributed by atoms with van der Waals surface area (Å²) in [5, 5.41) is 10.3. The standard InChI is InChI=1S/C6H5F2N3O2/c7-3-1-4(8)11-6(10-3)9-2-5(12)13/h1H,2H2,(H,12,13)(H,9,10,11). The van der Waals surface area contributed by atoms with Gasteiger partial charge in [-0.3, -0.25) is 4.79 Å². The molecule has 1 aromatic heterocycles. The van der Waals surface area contributed by atoms with Gasteiger partial charge in [-0.15, -0.1) is 0 Å². The van der Waals surface area contributed by atoms with Crippen molar-refractivity contribution in [3.8, 4) is 0 Å². The van der Waals surface area contributed by atoms with Crippen molar-refractivity contribution in [2.24, 2.45) is 0 Å². The predicted octanol–water partition coefficient (Wildman–Crippen LogP) is 0.251. The van der Waals surface area contributed by atoms with Gasteiger partial charge in [0.1, 0.15) is 6.54 Å². The van der Waals surface area contributed by atoms with Crippen LogP contribution in [0.2, 0.25) is 0 Å². The number of nitrogens with zero attached hydrogens (tertiary/aromatic N) is 2. The first-order valence-corrected chi connectivity index (χ1v) is 3.23. The molecule has 0 aromatic carbocycles. The highest BCUT2D eigenvalue weighted by molar-refractivity contribution is 5.71. The predicted molar refractivity (Wildman–Crippen MR) is 38.1 cm³/mol.